The molecule has 2 nitrogen and oxygen atoms in total. The molecule has 1 unspecified atom stereocenters. The van der Waals surface area contributed by atoms with Crippen molar-refractivity contribution in [2.24, 2.45) is 5.92 Å². The minimum absolute atomic E-state index is 0.102. The Morgan fingerprint density at radius 1 is 1.90 bits per heavy atom. The Balaban J connectivity index is 2.56. The Labute approximate surface area is 60.6 Å². The van der Waals surface area contributed by atoms with Crippen LogP contribution in [-0.2, 0) is 4.79 Å². The lowest BCUT2D eigenvalue weighted by atomic mass is 9.90. The zero-order valence-electron chi connectivity index (χ0n) is 6.08. The predicted molar refractivity (Wildman–Crippen MR) is 38.6 cm³/mol. The van der Waals surface area contributed by atoms with E-state index in [4.69, 9.17) is 0 Å². The monoisotopic (exact) mass is 140 g/mol. The molecule has 0 aromatic carbocycles. The SMILES string of the molecule is C[C@]1(O)C=CCC1CC=O. The molecule has 0 aliphatic heterocycles. The van der Waals surface area contributed by atoms with Crippen LogP contribution in [0.1, 0.15) is 19.8 Å². The number of allylic oxidation sites excluding steroid dienone is 1. The van der Waals surface area contributed by atoms with Crippen LogP contribution in [0.2, 0.25) is 0 Å². The van der Waals surface area contributed by atoms with Gasteiger partial charge in [-0.05, 0) is 13.3 Å². The molecular weight excluding hydrogens is 128 g/mol. The molecule has 1 aliphatic rings. The Morgan fingerprint density at radius 2 is 2.60 bits per heavy atom. The van der Waals surface area contributed by atoms with E-state index >= 15 is 0 Å². The summed E-state index contributed by atoms with van der Waals surface area (Å²) in [5.41, 5.74) is -0.749. The average molecular weight is 140 g/mol. The standard InChI is InChI=1S/C8H12O2/c1-8(10)5-2-3-7(8)4-6-9/h2,5-7,10H,3-4H2,1H3/t7?,8-/m0/s1. The lowest BCUT2D eigenvalue weighted by molar-refractivity contribution is -0.110. The summed E-state index contributed by atoms with van der Waals surface area (Å²) in [5.74, 6) is 0.102. The minimum Gasteiger partial charge on any atom is -0.386 e. The third-order valence-corrected chi connectivity index (χ3v) is 2.08. The number of rotatable bonds is 2. The van der Waals surface area contributed by atoms with Crippen molar-refractivity contribution >= 4 is 6.29 Å². The molecule has 0 aromatic rings. The van der Waals surface area contributed by atoms with Gasteiger partial charge in [-0.1, -0.05) is 12.2 Å². The lowest BCUT2D eigenvalue weighted by Gasteiger charge is -2.22. The summed E-state index contributed by atoms with van der Waals surface area (Å²) >= 11 is 0. The summed E-state index contributed by atoms with van der Waals surface area (Å²) in [7, 11) is 0. The first-order valence-electron chi connectivity index (χ1n) is 3.50. The first kappa shape index (κ1) is 7.48. The topological polar surface area (TPSA) is 37.3 Å². The van der Waals surface area contributed by atoms with Gasteiger partial charge in [-0.3, -0.25) is 0 Å². The van der Waals surface area contributed by atoms with Crippen LogP contribution in [0.3, 0.4) is 0 Å². The molecule has 0 saturated carbocycles. The Bertz CT molecular complexity index is 159. The highest BCUT2D eigenvalue weighted by Gasteiger charge is 2.31. The lowest BCUT2D eigenvalue weighted by Crippen LogP contribution is -2.28. The highest BCUT2D eigenvalue weighted by Crippen LogP contribution is 2.30. The second-order valence-corrected chi connectivity index (χ2v) is 2.96. The van der Waals surface area contributed by atoms with Crippen LogP contribution < -0.4 is 0 Å². The third kappa shape index (κ3) is 1.27. The molecule has 1 rings (SSSR count). The minimum atomic E-state index is -0.749. The summed E-state index contributed by atoms with van der Waals surface area (Å²) < 4.78 is 0. The van der Waals surface area contributed by atoms with E-state index in [9.17, 15) is 9.90 Å². The largest absolute Gasteiger partial charge is 0.386 e. The number of aldehydes is 1. The summed E-state index contributed by atoms with van der Waals surface area (Å²) in [6.07, 6.45) is 5.84. The predicted octanol–water partition coefficient (Wildman–Crippen LogP) is 0.902. The highest BCUT2D eigenvalue weighted by molar-refractivity contribution is 5.50. The van der Waals surface area contributed by atoms with Crippen LogP contribution in [0.15, 0.2) is 12.2 Å². The van der Waals surface area contributed by atoms with Gasteiger partial charge in [0.15, 0.2) is 0 Å². The van der Waals surface area contributed by atoms with Crippen molar-refractivity contribution in [2.45, 2.75) is 25.4 Å². The molecule has 2 atom stereocenters. The fraction of sp³-hybridized carbons (Fsp3) is 0.625. The van der Waals surface area contributed by atoms with E-state index in [1.807, 2.05) is 6.08 Å². The van der Waals surface area contributed by atoms with E-state index < -0.39 is 5.60 Å². The van der Waals surface area contributed by atoms with Gasteiger partial charge in [0.1, 0.15) is 6.29 Å². The molecule has 1 aliphatic carbocycles. The van der Waals surface area contributed by atoms with Crippen LogP contribution in [-0.4, -0.2) is 17.0 Å². The van der Waals surface area contributed by atoms with E-state index in [-0.39, 0.29) is 5.92 Å². The van der Waals surface area contributed by atoms with E-state index in [0.29, 0.717) is 6.42 Å². The van der Waals surface area contributed by atoms with Crippen LogP contribution in [0.4, 0.5) is 0 Å². The highest BCUT2D eigenvalue weighted by atomic mass is 16.3. The van der Waals surface area contributed by atoms with Gasteiger partial charge in [-0.15, -0.1) is 0 Å². The number of aliphatic hydroxyl groups is 1. The quantitative estimate of drug-likeness (QED) is 0.457. The summed E-state index contributed by atoms with van der Waals surface area (Å²) in [5, 5.41) is 9.54. The molecule has 0 radical (unpaired) electrons. The molecule has 10 heavy (non-hydrogen) atoms. The number of carbonyl (C=O) groups is 1. The van der Waals surface area contributed by atoms with Crippen molar-refractivity contribution in [3.63, 3.8) is 0 Å². The van der Waals surface area contributed by atoms with Gasteiger partial charge in [-0.25, -0.2) is 0 Å². The average Bonchev–Trinajstić information content (AvgIpc) is 2.13. The fourth-order valence-corrected chi connectivity index (χ4v) is 1.30. The van der Waals surface area contributed by atoms with E-state index in [0.717, 1.165) is 12.7 Å². The first-order chi connectivity index (χ1) is 4.67. The molecule has 0 saturated heterocycles. The molecule has 0 heterocycles. The zero-order valence-corrected chi connectivity index (χ0v) is 6.08. The first-order valence-corrected chi connectivity index (χ1v) is 3.50. The Morgan fingerprint density at radius 3 is 3.00 bits per heavy atom. The molecule has 1 N–H and O–H groups in total. The number of hydrogen-bond acceptors (Lipinski definition) is 2. The van der Waals surface area contributed by atoms with Gasteiger partial charge in [0.05, 0.1) is 5.60 Å². The van der Waals surface area contributed by atoms with Crippen LogP contribution in [0.25, 0.3) is 0 Å². The maximum Gasteiger partial charge on any atom is 0.120 e. The number of carbonyl (C=O) groups excluding carboxylic acids is 1. The van der Waals surface area contributed by atoms with Crippen molar-refractivity contribution in [2.75, 3.05) is 0 Å². The zero-order chi connectivity index (χ0) is 7.61. The van der Waals surface area contributed by atoms with Crippen molar-refractivity contribution < 1.29 is 9.90 Å². The van der Waals surface area contributed by atoms with E-state index in [1.54, 1.807) is 13.0 Å². The van der Waals surface area contributed by atoms with Gasteiger partial charge < -0.3 is 9.90 Å². The summed E-state index contributed by atoms with van der Waals surface area (Å²) in [6.45, 7) is 1.74. The Hall–Kier alpha value is -0.630. The third-order valence-electron chi connectivity index (χ3n) is 2.08. The van der Waals surface area contributed by atoms with Gasteiger partial charge >= 0.3 is 0 Å². The molecule has 56 valence electrons. The second-order valence-electron chi connectivity index (χ2n) is 2.96. The normalized spacial score (nSPS) is 38.4. The smallest absolute Gasteiger partial charge is 0.120 e. The maximum absolute atomic E-state index is 10.1. The van der Waals surface area contributed by atoms with Crippen molar-refractivity contribution in [1.82, 2.24) is 0 Å². The molecule has 2 heteroatoms. The van der Waals surface area contributed by atoms with Crippen LogP contribution >= 0.6 is 0 Å². The molecular formula is C8H12O2. The van der Waals surface area contributed by atoms with E-state index in [2.05, 4.69) is 0 Å². The maximum atomic E-state index is 10.1. The van der Waals surface area contributed by atoms with Gasteiger partial charge in [0.25, 0.3) is 0 Å². The summed E-state index contributed by atoms with van der Waals surface area (Å²) in [6, 6.07) is 0. The molecule has 0 bridgehead atoms. The Kier molecular flexibility index (Phi) is 1.90. The van der Waals surface area contributed by atoms with Gasteiger partial charge in [0, 0.05) is 12.3 Å². The molecule has 0 amide bonds. The molecule has 0 spiro atoms. The van der Waals surface area contributed by atoms with Gasteiger partial charge in [-0.2, -0.15) is 0 Å². The fourth-order valence-electron chi connectivity index (χ4n) is 1.30. The summed E-state index contributed by atoms with van der Waals surface area (Å²) in [4.78, 5) is 10.1. The second kappa shape index (κ2) is 2.54. The van der Waals surface area contributed by atoms with Crippen molar-refractivity contribution in [3.8, 4) is 0 Å². The van der Waals surface area contributed by atoms with Crippen LogP contribution in [0.5, 0.6) is 0 Å². The molecule has 0 aromatic heterocycles. The van der Waals surface area contributed by atoms with Crippen LogP contribution in [0, 0.1) is 5.92 Å². The van der Waals surface area contributed by atoms with Crippen molar-refractivity contribution in [1.29, 1.82) is 0 Å². The van der Waals surface area contributed by atoms with E-state index in [1.165, 1.54) is 0 Å². The van der Waals surface area contributed by atoms with Crippen molar-refractivity contribution in [3.05, 3.63) is 12.2 Å². The number of hydrogen-bond donors (Lipinski definition) is 1. The molecule has 0 fully saturated rings. The van der Waals surface area contributed by atoms with Gasteiger partial charge in [0.2, 0.25) is 0 Å².